The predicted molar refractivity (Wildman–Crippen MR) is 82.0 cm³/mol. The van der Waals surface area contributed by atoms with Crippen LogP contribution in [0.4, 0.5) is 5.69 Å². The van der Waals surface area contributed by atoms with Crippen molar-refractivity contribution in [3.05, 3.63) is 46.2 Å². The molecule has 0 aliphatic carbocycles. The van der Waals surface area contributed by atoms with Crippen LogP contribution in [0.15, 0.2) is 40.6 Å². The third-order valence-corrected chi connectivity index (χ3v) is 5.65. The van der Waals surface area contributed by atoms with Crippen LogP contribution >= 0.6 is 11.3 Å². The van der Waals surface area contributed by atoms with Gasteiger partial charge in [0.1, 0.15) is 0 Å². The lowest BCUT2D eigenvalue weighted by Gasteiger charge is -2.07. The van der Waals surface area contributed by atoms with Crippen LogP contribution in [0.2, 0.25) is 0 Å². The molecule has 5 nitrogen and oxygen atoms in total. The summed E-state index contributed by atoms with van der Waals surface area (Å²) in [7, 11) is -3.54. The highest BCUT2D eigenvalue weighted by Crippen LogP contribution is 2.25. The van der Waals surface area contributed by atoms with Crippen molar-refractivity contribution in [2.45, 2.75) is 17.7 Å². The number of sulfonamides is 1. The maximum Gasteiger partial charge on any atom is 0.240 e. The number of benzene rings is 1. The monoisotopic (exact) mass is 322 g/mol. The van der Waals surface area contributed by atoms with Crippen molar-refractivity contribution < 1.29 is 13.2 Å². The predicted octanol–water partition coefficient (Wildman–Crippen LogP) is 1.76. The topological polar surface area (TPSA) is 75.3 Å². The summed E-state index contributed by atoms with van der Waals surface area (Å²) in [5.74, 6) is -0.106. The number of carbonyl (C=O) groups excluding carboxylic acids is 1. The smallest absolute Gasteiger partial charge is 0.240 e. The molecular weight excluding hydrogens is 308 g/mol. The van der Waals surface area contributed by atoms with Gasteiger partial charge in [0.05, 0.1) is 11.3 Å². The second-order valence-corrected chi connectivity index (χ2v) is 7.57. The number of hydrogen-bond acceptors (Lipinski definition) is 4. The van der Waals surface area contributed by atoms with Gasteiger partial charge in [-0.1, -0.05) is 6.07 Å². The van der Waals surface area contributed by atoms with E-state index in [2.05, 4.69) is 10.0 Å². The summed E-state index contributed by atoms with van der Waals surface area (Å²) in [5.41, 5.74) is 1.42. The Hall–Kier alpha value is -1.70. The molecule has 0 saturated carbocycles. The first-order valence-corrected chi connectivity index (χ1v) is 8.86. The molecule has 0 spiro atoms. The Kier molecular flexibility index (Phi) is 3.79. The van der Waals surface area contributed by atoms with Crippen molar-refractivity contribution in [1.29, 1.82) is 0 Å². The van der Waals surface area contributed by atoms with Crippen molar-refractivity contribution in [1.82, 2.24) is 4.72 Å². The molecule has 0 atom stereocenters. The first-order valence-electron chi connectivity index (χ1n) is 6.49. The van der Waals surface area contributed by atoms with E-state index < -0.39 is 10.0 Å². The molecule has 7 heteroatoms. The zero-order chi connectivity index (χ0) is 14.9. The third kappa shape index (κ3) is 3.15. The summed E-state index contributed by atoms with van der Waals surface area (Å²) < 4.78 is 27.0. The Morgan fingerprint density at radius 2 is 2.14 bits per heavy atom. The van der Waals surface area contributed by atoms with Crippen molar-refractivity contribution in [3.8, 4) is 0 Å². The van der Waals surface area contributed by atoms with Crippen molar-refractivity contribution in [2.75, 3.05) is 11.9 Å². The van der Waals surface area contributed by atoms with Crippen molar-refractivity contribution in [3.63, 3.8) is 0 Å². The van der Waals surface area contributed by atoms with Gasteiger partial charge in [0.2, 0.25) is 15.9 Å². The van der Waals surface area contributed by atoms with E-state index >= 15 is 0 Å². The summed E-state index contributed by atoms with van der Waals surface area (Å²) in [4.78, 5) is 12.6. The quantitative estimate of drug-likeness (QED) is 0.881. The number of anilines is 1. The first kappa shape index (κ1) is 14.2. The maximum absolute atomic E-state index is 12.2. The van der Waals surface area contributed by atoms with Gasteiger partial charge in [0.15, 0.2) is 0 Å². The zero-order valence-electron chi connectivity index (χ0n) is 11.1. The second kappa shape index (κ2) is 5.59. The molecule has 0 bridgehead atoms. The summed E-state index contributed by atoms with van der Waals surface area (Å²) in [6.07, 6.45) is 0.899. The van der Waals surface area contributed by atoms with Gasteiger partial charge >= 0.3 is 0 Å². The number of thiophene rings is 1. The van der Waals surface area contributed by atoms with Crippen LogP contribution in [0.3, 0.4) is 0 Å². The average molecular weight is 322 g/mol. The summed E-state index contributed by atoms with van der Waals surface area (Å²) in [5, 5.41) is 4.65. The highest BCUT2D eigenvalue weighted by molar-refractivity contribution is 7.89. The number of amides is 1. The van der Waals surface area contributed by atoms with Crippen LogP contribution in [0, 0.1) is 0 Å². The molecule has 1 aromatic heterocycles. The molecule has 0 saturated heterocycles. The summed E-state index contributed by atoms with van der Waals surface area (Å²) in [6.45, 7) is 0.358. The van der Waals surface area contributed by atoms with E-state index in [1.807, 2.05) is 17.5 Å². The molecule has 0 unspecified atom stereocenters. The van der Waals surface area contributed by atoms with Crippen LogP contribution in [0.1, 0.15) is 10.4 Å². The van der Waals surface area contributed by atoms with Crippen LogP contribution in [0.5, 0.6) is 0 Å². The second-order valence-electron chi connectivity index (χ2n) is 4.77. The molecule has 2 heterocycles. The van der Waals surface area contributed by atoms with Gasteiger partial charge < -0.3 is 5.32 Å². The molecular formula is C14H14N2O3S2. The minimum atomic E-state index is -3.54. The Balaban J connectivity index is 1.70. The lowest BCUT2D eigenvalue weighted by Crippen LogP contribution is -2.25. The van der Waals surface area contributed by atoms with Crippen LogP contribution in [0.25, 0.3) is 0 Å². The summed E-state index contributed by atoms with van der Waals surface area (Å²) in [6, 6.07) is 8.62. The van der Waals surface area contributed by atoms with Crippen LogP contribution < -0.4 is 10.0 Å². The third-order valence-electron chi connectivity index (χ3n) is 3.26. The Labute approximate surface area is 127 Å². The van der Waals surface area contributed by atoms with Gasteiger partial charge in [-0.3, -0.25) is 4.79 Å². The number of nitrogens with one attached hydrogen (secondary N) is 2. The minimum absolute atomic E-state index is 0.106. The first-order chi connectivity index (χ1) is 10.0. The van der Waals surface area contributed by atoms with E-state index in [9.17, 15) is 13.2 Å². The fourth-order valence-corrected chi connectivity index (χ4v) is 4.01. The highest BCUT2D eigenvalue weighted by Gasteiger charge is 2.21. The van der Waals surface area contributed by atoms with Gasteiger partial charge in [0, 0.05) is 17.1 Å². The molecule has 1 aliphatic rings. The Morgan fingerprint density at radius 3 is 2.90 bits per heavy atom. The van der Waals surface area contributed by atoms with Crippen LogP contribution in [-0.4, -0.2) is 20.9 Å². The lowest BCUT2D eigenvalue weighted by atomic mass is 10.2. The molecule has 110 valence electrons. The van der Waals surface area contributed by atoms with E-state index in [1.165, 1.54) is 6.07 Å². The van der Waals surface area contributed by atoms with Gasteiger partial charge in [-0.25, -0.2) is 13.1 Å². The van der Waals surface area contributed by atoms with Gasteiger partial charge in [-0.05, 0) is 41.6 Å². The zero-order valence-corrected chi connectivity index (χ0v) is 12.8. The van der Waals surface area contributed by atoms with E-state index in [1.54, 1.807) is 23.5 Å². The molecule has 2 aromatic rings. The van der Waals surface area contributed by atoms with Gasteiger partial charge in [-0.15, -0.1) is 11.3 Å². The normalized spacial score (nSPS) is 14.0. The Morgan fingerprint density at radius 1 is 1.29 bits per heavy atom. The standard InChI is InChI=1S/C14H14N2O3S2/c17-14-9-10-8-12(3-4-13(10)16-14)21(18,19)15-6-5-11-2-1-7-20-11/h1-4,7-8,15H,5-6,9H2,(H,16,17). The number of carbonyl (C=O) groups is 1. The number of fused-ring (bicyclic) bond motifs is 1. The van der Waals surface area contributed by atoms with E-state index in [0.29, 0.717) is 18.7 Å². The number of rotatable bonds is 5. The molecule has 3 rings (SSSR count). The van der Waals surface area contributed by atoms with Gasteiger partial charge in [-0.2, -0.15) is 0 Å². The van der Waals surface area contributed by atoms with E-state index in [-0.39, 0.29) is 17.2 Å². The SMILES string of the molecule is O=C1Cc2cc(S(=O)(=O)NCCc3cccs3)ccc2N1. The molecule has 1 aliphatic heterocycles. The average Bonchev–Trinajstić information content (AvgIpc) is 3.05. The summed E-state index contributed by atoms with van der Waals surface area (Å²) >= 11 is 1.61. The highest BCUT2D eigenvalue weighted by atomic mass is 32.2. The molecule has 0 fully saturated rings. The van der Waals surface area contributed by atoms with E-state index in [0.717, 1.165) is 10.4 Å². The molecule has 21 heavy (non-hydrogen) atoms. The maximum atomic E-state index is 12.2. The molecule has 2 N–H and O–H groups in total. The minimum Gasteiger partial charge on any atom is -0.326 e. The fourth-order valence-electron chi connectivity index (χ4n) is 2.22. The van der Waals surface area contributed by atoms with Crippen molar-refractivity contribution >= 4 is 33.0 Å². The van der Waals surface area contributed by atoms with Gasteiger partial charge in [0.25, 0.3) is 0 Å². The molecule has 1 aromatic carbocycles. The van der Waals surface area contributed by atoms with Crippen LogP contribution in [-0.2, 0) is 27.7 Å². The molecule has 0 radical (unpaired) electrons. The number of hydrogen-bond donors (Lipinski definition) is 2. The molecule has 1 amide bonds. The van der Waals surface area contributed by atoms with Crippen molar-refractivity contribution in [2.24, 2.45) is 0 Å². The fraction of sp³-hybridized carbons (Fsp3) is 0.214. The van der Waals surface area contributed by atoms with E-state index in [4.69, 9.17) is 0 Å². The Bertz CT molecular complexity index is 768. The lowest BCUT2D eigenvalue weighted by molar-refractivity contribution is -0.115. The largest absolute Gasteiger partial charge is 0.326 e.